The van der Waals surface area contributed by atoms with Gasteiger partial charge in [-0.05, 0) is 54.6 Å². The first-order valence-electron chi connectivity index (χ1n) is 9.17. The van der Waals surface area contributed by atoms with Crippen molar-refractivity contribution in [3.8, 4) is 0 Å². The zero-order valence-corrected chi connectivity index (χ0v) is 17.8. The number of carbonyl (C=O) groups is 1. The van der Waals surface area contributed by atoms with Crippen LogP contribution in [-0.2, 0) is 10.0 Å². The Balaban J connectivity index is 1.60. The van der Waals surface area contributed by atoms with Gasteiger partial charge in [-0.1, -0.05) is 35.9 Å². The highest BCUT2D eigenvalue weighted by Crippen LogP contribution is 2.35. The van der Waals surface area contributed by atoms with Gasteiger partial charge in [0.15, 0.2) is 0 Å². The molecule has 1 fully saturated rings. The van der Waals surface area contributed by atoms with E-state index >= 15 is 0 Å². The molecule has 1 atom stereocenters. The van der Waals surface area contributed by atoms with Gasteiger partial charge >= 0.3 is 0 Å². The summed E-state index contributed by atoms with van der Waals surface area (Å²) in [6, 6.07) is 16.8. The second kappa shape index (κ2) is 8.18. The number of anilines is 1. The topological polar surface area (TPSA) is 66.5 Å². The van der Waals surface area contributed by atoms with E-state index in [1.54, 1.807) is 47.7 Å². The SMILES string of the molecule is O=C(c1cccc(S(=O)(=O)Nc2ccccc2Cl)c1)N1CCC[C@@H]1c1cccs1. The fourth-order valence-electron chi connectivity index (χ4n) is 3.50. The maximum absolute atomic E-state index is 13.1. The second-order valence-corrected chi connectivity index (χ2v) is 9.85. The minimum atomic E-state index is -3.88. The van der Waals surface area contributed by atoms with Crippen LogP contribution in [0.15, 0.2) is 70.9 Å². The van der Waals surface area contributed by atoms with Crippen molar-refractivity contribution in [3.05, 3.63) is 81.5 Å². The molecule has 1 aromatic heterocycles. The molecule has 0 aliphatic carbocycles. The van der Waals surface area contributed by atoms with Crippen molar-refractivity contribution in [1.29, 1.82) is 0 Å². The molecule has 4 rings (SSSR count). The summed E-state index contributed by atoms with van der Waals surface area (Å²) >= 11 is 7.70. The molecule has 1 aliphatic rings. The number of halogens is 1. The summed E-state index contributed by atoms with van der Waals surface area (Å²) < 4.78 is 28.1. The zero-order valence-electron chi connectivity index (χ0n) is 15.4. The predicted octanol–water partition coefficient (Wildman–Crippen LogP) is 5.18. The first kappa shape index (κ1) is 19.9. The third kappa shape index (κ3) is 4.17. The number of sulfonamides is 1. The molecule has 1 amide bonds. The van der Waals surface area contributed by atoms with E-state index in [-0.39, 0.29) is 16.8 Å². The summed E-state index contributed by atoms with van der Waals surface area (Å²) in [4.78, 5) is 16.1. The largest absolute Gasteiger partial charge is 0.331 e. The maximum atomic E-state index is 13.1. The van der Waals surface area contributed by atoms with Crippen LogP contribution in [0.5, 0.6) is 0 Å². The monoisotopic (exact) mass is 446 g/mol. The number of nitrogens with one attached hydrogen (secondary N) is 1. The van der Waals surface area contributed by atoms with Crippen molar-refractivity contribution in [1.82, 2.24) is 4.90 Å². The number of nitrogens with zero attached hydrogens (tertiary/aromatic N) is 1. The normalized spacial score (nSPS) is 16.7. The van der Waals surface area contributed by atoms with Crippen molar-refractivity contribution >= 4 is 44.6 Å². The molecule has 29 heavy (non-hydrogen) atoms. The first-order valence-corrected chi connectivity index (χ1v) is 11.9. The number of benzene rings is 2. The van der Waals surface area contributed by atoms with Crippen molar-refractivity contribution in [3.63, 3.8) is 0 Å². The third-order valence-electron chi connectivity index (χ3n) is 4.89. The summed E-state index contributed by atoms with van der Waals surface area (Å²) in [6.07, 6.45) is 1.85. The highest BCUT2D eigenvalue weighted by Gasteiger charge is 2.31. The molecule has 1 N–H and O–H groups in total. The van der Waals surface area contributed by atoms with Gasteiger partial charge in [-0.3, -0.25) is 9.52 Å². The molecule has 0 radical (unpaired) electrons. The van der Waals surface area contributed by atoms with Crippen LogP contribution in [0.4, 0.5) is 5.69 Å². The summed E-state index contributed by atoms with van der Waals surface area (Å²) in [5, 5.41) is 2.31. The molecule has 1 saturated heterocycles. The van der Waals surface area contributed by atoms with Gasteiger partial charge in [-0.25, -0.2) is 8.42 Å². The van der Waals surface area contributed by atoms with Gasteiger partial charge in [0.2, 0.25) is 0 Å². The van der Waals surface area contributed by atoms with E-state index in [2.05, 4.69) is 4.72 Å². The lowest BCUT2D eigenvalue weighted by atomic mass is 10.1. The molecule has 2 heterocycles. The van der Waals surface area contributed by atoms with Crippen molar-refractivity contribution in [2.45, 2.75) is 23.8 Å². The quantitative estimate of drug-likeness (QED) is 0.587. The van der Waals surface area contributed by atoms with Crippen LogP contribution in [0, 0.1) is 0 Å². The molecule has 150 valence electrons. The van der Waals surface area contributed by atoms with E-state index in [4.69, 9.17) is 11.6 Å². The lowest BCUT2D eigenvalue weighted by Crippen LogP contribution is -2.30. The highest BCUT2D eigenvalue weighted by molar-refractivity contribution is 7.92. The van der Waals surface area contributed by atoms with Crippen LogP contribution < -0.4 is 4.72 Å². The molecular weight excluding hydrogens is 428 g/mol. The van der Waals surface area contributed by atoms with Gasteiger partial charge in [-0.2, -0.15) is 0 Å². The molecule has 0 bridgehead atoms. The average molecular weight is 447 g/mol. The lowest BCUT2D eigenvalue weighted by Gasteiger charge is -2.24. The van der Waals surface area contributed by atoms with Crippen molar-refractivity contribution < 1.29 is 13.2 Å². The fourth-order valence-corrected chi connectivity index (χ4v) is 5.73. The predicted molar refractivity (Wildman–Crippen MR) is 116 cm³/mol. The number of thiophene rings is 1. The lowest BCUT2D eigenvalue weighted by molar-refractivity contribution is 0.0737. The van der Waals surface area contributed by atoms with E-state index in [1.807, 2.05) is 22.4 Å². The van der Waals surface area contributed by atoms with E-state index in [0.717, 1.165) is 17.7 Å². The van der Waals surface area contributed by atoms with Crippen LogP contribution >= 0.6 is 22.9 Å². The Kier molecular flexibility index (Phi) is 5.63. The van der Waals surface area contributed by atoms with Gasteiger partial charge in [0.25, 0.3) is 15.9 Å². The zero-order chi connectivity index (χ0) is 20.4. The van der Waals surface area contributed by atoms with Gasteiger partial charge in [0.05, 0.1) is 21.6 Å². The van der Waals surface area contributed by atoms with Gasteiger partial charge in [-0.15, -0.1) is 11.3 Å². The average Bonchev–Trinajstić information content (AvgIpc) is 3.40. The van der Waals surface area contributed by atoms with E-state index in [9.17, 15) is 13.2 Å². The molecule has 3 aromatic rings. The molecule has 0 unspecified atom stereocenters. The second-order valence-electron chi connectivity index (χ2n) is 6.79. The first-order chi connectivity index (χ1) is 14.0. The number of para-hydroxylation sites is 1. The Bertz CT molecular complexity index is 1130. The summed E-state index contributed by atoms with van der Waals surface area (Å²) in [5.41, 5.74) is 0.652. The summed E-state index contributed by atoms with van der Waals surface area (Å²) in [5.74, 6) is -0.157. The van der Waals surface area contributed by atoms with E-state index < -0.39 is 10.0 Å². The molecule has 0 spiro atoms. The van der Waals surface area contributed by atoms with Crippen molar-refractivity contribution in [2.24, 2.45) is 0 Å². The Labute approximate surface area is 179 Å². The minimum Gasteiger partial charge on any atom is -0.331 e. The number of likely N-dealkylation sites (tertiary alicyclic amines) is 1. The van der Waals surface area contributed by atoms with Gasteiger partial charge < -0.3 is 4.90 Å². The Morgan fingerprint density at radius 3 is 2.69 bits per heavy atom. The number of hydrogen-bond donors (Lipinski definition) is 1. The maximum Gasteiger partial charge on any atom is 0.261 e. The third-order valence-corrected chi connectivity index (χ3v) is 7.56. The molecule has 1 aliphatic heterocycles. The van der Waals surface area contributed by atoms with E-state index in [1.165, 1.54) is 12.1 Å². The highest BCUT2D eigenvalue weighted by atomic mass is 35.5. The van der Waals surface area contributed by atoms with Crippen LogP contribution in [-0.4, -0.2) is 25.8 Å². The van der Waals surface area contributed by atoms with Gasteiger partial charge in [0.1, 0.15) is 0 Å². The molecule has 2 aromatic carbocycles. The molecule has 5 nitrogen and oxygen atoms in total. The summed E-state index contributed by atoms with van der Waals surface area (Å²) in [6.45, 7) is 0.663. The van der Waals surface area contributed by atoms with Crippen LogP contribution in [0.25, 0.3) is 0 Å². The van der Waals surface area contributed by atoms with Crippen LogP contribution in [0.2, 0.25) is 5.02 Å². The minimum absolute atomic E-state index is 0.0233. The van der Waals surface area contributed by atoms with Crippen molar-refractivity contribution in [2.75, 3.05) is 11.3 Å². The number of hydrogen-bond acceptors (Lipinski definition) is 4. The smallest absolute Gasteiger partial charge is 0.261 e. The molecular formula is C21H19ClN2O3S2. The molecule has 8 heteroatoms. The van der Waals surface area contributed by atoms with Gasteiger partial charge in [0, 0.05) is 17.0 Å². The standard InChI is InChI=1S/C21H19ClN2O3S2/c22-17-8-1-2-9-18(17)23-29(26,27)16-7-3-6-15(14-16)21(25)24-12-4-10-19(24)20-11-5-13-28-20/h1-3,5-9,11,13-14,19,23H,4,10,12H2/t19-/m1/s1. The number of rotatable bonds is 5. The number of carbonyl (C=O) groups excluding carboxylic acids is 1. The Morgan fingerprint density at radius 1 is 1.10 bits per heavy atom. The molecule has 0 saturated carbocycles. The Hall–Kier alpha value is -2.35. The summed E-state index contributed by atoms with van der Waals surface area (Å²) in [7, 11) is -3.88. The van der Waals surface area contributed by atoms with E-state index in [0.29, 0.717) is 22.8 Å². The van der Waals surface area contributed by atoms with Crippen LogP contribution in [0.3, 0.4) is 0 Å². The number of amides is 1. The Morgan fingerprint density at radius 2 is 1.93 bits per heavy atom. The van der Waals surface area contributed by atoms with Crippen LogP contribution in [0.1, 0.15) is 34.1 Å². The fraction of sp³-hybridized carbons (Fsp3) is 0.190.